The second-order valence-electron chi connectivity index (χ2n) is 8.51. The van der Waals surface area contributed by atoms with Crippen LogP contribution >= 0.6 is 0 Å². The van der Waals surface area contributed by atoms with Crippen LogP contribution in [-0.2, 0) is 12.8 Å². The standard InChI is InChI=1S/C23H31F2N/c1-2-3-4-16-5-7-17(8-6-16)9-10-18-11-12-20-19(13-18)14-22(24)21(15-26)23(20)25/h14,16-18H,2-13H2,1H3. The van der Waals surface area contributed by atoms with Gasteiger partial charge in [0.25, 0.3) is 0 Å². The molecular formula is C23H31F2N. The van der Waals surface area contributed by atoms with E-state index in [2.05, 4.69) is 6.92 Å². The third-order valence-electron chi connectivity index (χ3n) is 6.75. The number of rotatable bonds is 6. The van der Waals surface area contributed by atoms with E-state index in [0.29, 0.717) is 17.9 Å². The molecule has 1 fully saturated rings. The highest BCUT2D eigenvalue weighted by atomic mass is 19.1. The molecule has 0 heterocycles. The normalized spacial score (nSPS) is 25.5. The van der Waals surface area contributed by atoms with Gasteiger partial charge < -0.3 is 0 Å². The van der Waals surface area contributed by atoms with Crippen molar-refractivity contribution in [3.05, 3.63) is 34.4 Å². The number of benzene rings is 1. The largest absolute Gasteiger partial charge is 0.205 e. The molecule has 0 radical (unpaired) electrons. The van der Waals surface area contributed by atoms with E-state index in [1.165, 1.54) is 63.9 Å². The van der Waals surface area contributed by atoms with Crippen LogP contribution < -0.4 is 0 Å². The fraction of sp³-hybridized carbons (Fsp3) is 0.696. The molecule has 0 saturated heterocycles. The predicted molar refractivity (Wildman–Crippen MR) is 101 cm³/mol. The fourth-order valence-corrected chi connectivity index (χ4v) is 5.04. The molecule has 1 aromatic rings. The van der Waals surface area contributed by atoms with Crippen molar-refractivity contribution < 1.29 is 8.78 Å². The highest BCUT2D eigenvalue weighted by molar-refractivity contribution is 5.42. The van der Waals surface area contributed by atoms with Gasteiger partial charge in [0.05, 0.1) is 0 Å². The summed E-state index contributed by atoms with van der Waals surface area (Å²) in [4.78, 5) is 0. The Balaban J connectivity index is 1.49. The fourth-order valence-electron chi connectivity index (χ4n) is 5.04. The van der Waals surface area contributed by atoms with Crippen LogP contribution in [0.15, 0.2) is 6.07 Å². The molecule has 0 spiro atoms. The monoisotopic (exact) mass is 359 g/mol. The van der Waals surface area contributed by atoms with Gasteiger partial charge in [0, 0.05) is 0 Å². The Bertz CT molecular complexity index is 653. The Hall–Kier alpha value is -1.43. The second kappa shape index (κ2) is 8.98. The molecule has 26 heavy (non-hydrogen) atoms. The minimum atomic E-state index is -0.699. The molecule has 142 valence electrons. The maximum absolute atomic E-state index is 14.3. The van der Waals surface area contributed by atoms with Gasteiger partial charge in [-0.2, -0.15) is 5.26 Å². The van der Waals surface area contributed by atoms with E-state index in [1.807, 2.05) is 0 Å². The maximum atomic E-state index is 14.3. The molecule has 0 aromatic heterocycles. The third-order valence-corrected chi connectivity index (χ3v) is 6.75. The van der Waals surface area contributed by atoms with Crippen molar-refractivity contribution in [2.45, 2.75) is 84.0 Å². The first-order valence-corrected chi connectivity index (χ1v) is 10.5. The lowest BCUT2D eigenvalue weighted by Gasteiger charge is -2.31. The zero-order chi connectivity index (χ0) is 18.5. The minimum Gasteiger partial charge on any atom is -0.205 e. The summed E-state index contributed by atoms with van der Waals surface area (Å²) in [5.41, 5.74) is 0.955. The summed E-state index contributed by atoms with van der Waals surface area (Å²) in [6, 6.07) is 3.06. The molecule has 0 aliphatic heterocycles. The molecule has 3 heteroatoms. The summed E-state index contributed by atoms with van der Waals surface area (Å²) < 4.78 is 28.2. The number of halogens is 2. The Morgan fingerprint density at radius 3 is 2.31 bits per heavy atom. The van der Waals surface area contributed by atoms with Gasteiger partial charge in [-0.3, -0.25) is 0 Å². The van der Waals surface area contributed by atoms with Gasteiger partial charge in [-0.25, -0.2) is 8.78 Å². The van der Waals surface area contributed by atoms with E-state index in [-0.39, 0.29) is 0 Å². The summed E-state index contributed by atoms with van der Waals surface area (Å²) in [6.45, 7) is 2.27. The first-order valence-electron chi connectivity index (χ1n) is 10.5. The number of nitriles is 1. The quantitative estimate of drug-likeness (QED) is 0.553. The average Bonchev–Trinajstić information content (AvgIpc) is 2.65. The van der Waals surface area contributed by atoms with E-state index in [0.717, 1.165) is 30.2 Å². The molecule has 1 atom stereocenters. The van der Waals surface area contributed by atoms with E-state index in [1.54, 1.807) is 6.07 Å². The molecule has 0 amide bonds. The second-order valence-corrected chi connectivity index (χ2v) is 8.51. The van der Waals surface area contributed by atoms with Crippen molar-refractivity contribution in [2.24, 2.45) is 17.8 Å². The number of fused-ring (bicyclic) bond motifs is 1. The van der Waals surface area contributed by atoms with E-state index in [9.17, 15) is 8.78 Å². The van der Waals surface area contributed by atoms with Gasteiger partial charge in [0.15, 0.2) is 0 Å². The Kier molecular flexibility index (Phi) is 6.68. The lowest BCUT2D eigenvalue weighted by molar-refractivity contribution is 0.234. The molecule has 2 aliphatic rings. The first kappa shape index (κ1) is 19.3. The Morgan fingerprint density at radius 1 is 1.00 bits per heavy atom. The van der Waals surface area contributed by atoms with Crippen LogP contribution in [0.25, 0.3) is 0 Å². The summed E-state index contributed by atoms with van der Waals surface area (Å²) in [5, 5.41) is 8.92. The molecule has 1 unspecified atom stereocenters. The summed E-state index contributed by atoms with van der Waals surface area (Å²) in [5.74, 6) is 1.02. The zero-order valence-electron chi connectivity index (χ0n) is 16.0. The molecule has 1 nitrogen and oxygen atoms in total. The Labute approximate surface area is 156 Å². The van der Waals surface area contributed by atoms with Gasteiger partial charge in [0.2, 0.25) is 0 Å². The van der Waals surface area contributed by atoms with Crippen LogP contribution in [0, 0.1) is 40.7 Å². The summed E-state index contributed by atoms with van der Waals surface area (Å²) >= 11 is 0. The van der Waals surface area contributed by atoms with Gasteiger partial charge in [-0.15, -0.1) is 0 Å². The predicted octanol–water partition coefficient (Wildman–Crippen LogP) is 6.72. The van der Waals surface area contributed by atoms with Crippen LogP contribution in [0.2, 0.25) is 0 Å². The number of hydrogen-bond acceptors (Lipinski definition) is 1. The highest BCUT2D eigenvalue weighted by Gasteiger charge is 2.27. The van der Waals surface area contributed by atoms with Crippen LogP contribution in [0.5, 0.6) is 0 Å². The lowest BCUT2D eigenvalue weighted by Crippen LogP contribution is -2.19. The highest BCUT2D eigenvalue weighted by Crippen LogP contribution is 2.37. The number of nitrogens with zero attached hydrogens (tertiary/aromatic N) is 1. The van der Waals surface area contributed by atoms with E-state index in [4.69, 9.17) is 5.26 Å². The average molecular weight is 360 g/mol. The Morgan fingerprint density at radius 2 is 1.65 bits per heavy atom. The molecule has 3 rings (SSSR count). The van der Waals surface area contributed by atoms with Crippen LogP contribution in [0.3, 0.4) is 0 Å². The van der Waals surface area contributed by atoms with Crippen molar-refractivity contribution in [2.75, 3.05) is 0 Å². The van der Waals surface area contributed by atoms with E-state index >= 15 is 0 Å². The first-order chi connectivity index (χ1) is 12.6. The van der Waals surface area contributed by atoms with Crippen molar-refractivity contribution in [3.63, 3.8) is 0 Å². The zero-order valence-corrected chi connectivity index (χ0v) is 16.0. The van der Waals surface area contributed by atoms with Crippen molar-refractivity contribution in [1.82, 2.24) is 0 Å². The van der Waals surface area contributed by atoms with Crippen molar-refractivity contribution in [3.8, 4) is 6.07 Å². The lowest BCUT2D eigenvalue weighted by atomic mass is 9.75. The maximum Gasteiger partial charge on any atom is 0.147 e. The molecule has 0 bridgehead atoms. The minimum absolute atomic E-state index is 0.415. The smallest absolute Gasteiger partial charge is 0.147 e. The van der Waals surface area contributed by atoms with Gasteiger partial charge in [-0.05, 0) is 60.6 Å². The van der Waals surface area contributed by atoms with Crippen LogP contribution in [-0.4, -0.2) is 0 Å². The summed E-state index contributed by atoms with van der Waals surface area (Å²) in [6.07, 6.45) is 14.4. The molecule has 2 aliphatic carbocycles. The van der Waals surface area contributed by atoms with Gasteiger partial charge in [0.1, 0.15) is 23.3 Å². The molecule has 1 saturated carbocycles. The van der Waals surface area contributed by atoms with Gasteiger partial charge >= 0.3 is 0 Å². The van der Waals surface area contributed by atoms with Gasteiger partial charge in [-0.1, -0.05) is 58.3 Å². The van der Waals surface area contributed by atoms with Crippen LogP contribution in [0.1, 0.15) is 87.8 Å². The molecule has 0 N–H and O–H groups in total. The summed E-state index contributed by atoms with van der Waals surface area (Å²) in [7, 11) is 0. The number of hydrogen-bond donors (Lipinski definition) is 0. The topological polar surface area (TPSA) is 23.8 Å². The van der Waals surface area contributed by atoms with Crippen molar-refractivity contribution in [1.29, 1.82) is 5.26 Å². The molecule has 1 aromatic carbocycles. The SMILES string of the molecule is CCCCC1CCC(CCC2CCc3c(cc(F)c(C#N)c3F)C2)CC1. The third kappa shape index (κ3) is 4.45. The van der Waals surface area contributed by atoms with E-state index < -0.39 is 17.2 Å². The van der Waals surface area contributed by atoms with Crippen LogP contribution in [0.4, 0.5) is 8.78 Å². The molecular weight excluding hydrogens is 328 g/mol. The number of unbranched alkanes of at least 4 members (excludes halogenated alkanes) is 1. The van der Waals surface area contributed by atoms with Crippen molar-refractivity contribution >= 4 is 0 Å².